The van der Waals surface area contributed by atoms with Gasteiger partial charge in [-0.25, -0.2) is 4.39 Å². The standard InChI is InChI=1S/C29H28ClFN4O2/c1-18-9-10-22(28(36)32-14-11-20-17-33-25-8-3-2-5-21(20)25)27(34-18)19-12-15-35(16-13-19)29(37)26-23(30)6-4-7-24(26)31/h2-10,17,19,33H,11-16H2,1H3,(H,32,36). The van der Waals surface area contributed by atoms with E-state index in [0.717, 1.165) is 27.9 Å². The zero-order valence-corrected chi connectivity index (χ0v) is 21.3. The van der Waals surface area contributed by atoms with E-state index in [0.29, 0.717) is 44.5 Å². The number of para-hydroxylation sites is 1. The highest BCUT2D eigenvalue weighted by molar-refractivity contribution is 6.33. The summed E-state index contributed by atoms with van der Waals surface area (Å²) < 4.78 is 14.3. The summed E-state index contributed by atoms with van der Waals surface area (Å²) >= 11 is 6.10. The van der Waals surface area contributed by atoms with Gasteiger partial charge in [0.25, 0.3) is 11.8 Å². The number of carbonyl (C=O) groups is 2. The maximum absolute atomic E-state index is 14.3. The molecule has 37 heavy (non-hydrogen) atoms. The molecule has 2 amide bonds. The molecule has 4 aromatic rings. The van der Waals surface area contributed by atoms with Crippen molar-refractivity contribution < 1.29 is 14.0 Å². The topological polar surface area (TPSA) is 78.1 Å². The number of benzene rings is 2. The van der Waals surface area contributed by atoms with Gasteiger partial charge in [-0.3, -0.25) is 14.6 Å². The number of fused-ring (bicyclic) bond motifs is 1. The normalized spacial score (nSPS) is 14.2. The predicted octanol–water partition coefficient (Wildman–Crippen LogP) is 5.66. The second-order valence-corrected chi connectivity index (χ2v) is 9.82. The number of hydrogen-bond donors (Lipinski definition) is 2. The number of halogens is 2. The van der Waals surface area contributed by atoms with Crippen LogP contribution >= 0.6 is 11.6 Å². The first-order chi connectivity index (χ1) is 17.9. The van der Waals surface area contributed by atoms with Gasteiger partial charge in [0.05, 0.1) is 21.8 Å². The van der Waals surface area contributed by atoms with Crippen molar-refractivity contribution in [1.29, 1.82) is 0 Å². The Morgan fingerprint density at radius 1 is 1.11 bits per heavy atom. The maximum Gasteiger partial charge on any atom is 0.258 e. The summed E-state index contributed by atoms with van der Waals surface area (Å²) in [6.45, 7) is 3.28. The van der Waals surface area contributed by atoms with Crippen LogP contribution in [0.5, 0.6) is 0 Å². The van der Waals surface area contributed by atoms with Crippen molar-refractivity contribution in [2.45, 2.75) is 32.1 Å². The molecule has 0 atom stereocenters. The van der Waals surface area contributed by atoms with Gasteiger partial charge in [-0.05, 0) is 62.1 Å². The Morgan fingerprint density at radius 2 is 1.89 bits per heavy atom. The summed E-state index contributed by atoms with van der Waals surface area (Å²) in [5.74, 6) is -1.16. The molecule has 1 saturated heterocycles. The largest absolute Gasteiger partial charge is 0.361 e. The molecule has 1 aliphatic heterocycles. The SMILES string of the molecule is Cc1ccc(C(=O)NCCc2c[nH]c3ccccc23)c(C2CCN(C(=O)c3c(F)cccc3Cl)CC2)n1. The first-order valence-corrected chi connectivity index (χ1v) is 12.8. The fourth-order valence-electron chi connectivity index (χ4n) is 5.04. The number of amides is 2. The average molecular weight is 519 g/mol. The second-order valence-electron chi connectivity index (χ2n) is 9.41. The van der Waals surface area contributed by atoms with Gasteiger partial charge in [0.2, 0.25) is 0 Å². The Balaban J connectivity index is 1.24. The Hall–Kier alpha value is -3.71. The van der Waals surface area contributed by atoms with Gasteiger partial charge < -0.3 is 15.2 Å². The van der Waals surface area contributed by atoms with Crippen LogP contribution in [0, 0.1) is 12.7 Å². The second kappa shape index (κ2) is 10.7. The molecule has 0 unspecified atom stereocenters. The maximum atomic E-state index is 14.3. The summed E-state index contributed by atoms with van der Waals surface area (Å²) in [6, 6.07) is 16.0. The van der Waals surface area contributed by atoms with E-state index in [1.54, 1.807) is 4.90 Å². The number of pyridine rings is 1. The Bertz CT molecular complexity index is 1440. The third-order valence-corrected chi connectivity index (χ3v) is 7.32. The van der Waals surface area contributed by atoms with Crippen molar-refractivity contribution >= 4 is 34.3 Å². The number of likely N-dealkylation sites (tertiary alicyclic amines) is 1. The molecule has 0 aliphatic carbocycles. The summed E-state index contributed by atoms with van der Waals surface area (Å²) in [6.07, 6.45) is 3.95. The lowest BCUT2D eigenvalue weighted by Gasteiger charge is -2.32. The Morgan fingerprint density at radius 3 is 2.68 bits per heavy atom. The molecule has 190 valence electrons. The zero-order valence-electron chi connectivity index (χ0n) is 20.6. The van der Waals surface area contributed by atoms with Crippen molar-refractivity contribution in [3.8, 4) is 0 Å². The molecule has 6 nitrogen and oxygen atoms in total. The minimum Gasteiger partial charge on any atom is -0.361 e. The summed E-state index contributed by atoms with van der Waals surface area (Å²) in [5, 5.41) is 4.32. The van der Waals surface area contributed by atoms with Gasteiger partial charge in [-0.1, -0.05) is 35.9 Å². The van der Waals surface area contributed by atoms with Gasteiger partial charge in [0.15, 0.2) is 0 Å². The van der Waals surface area contributed by atoms with Gasteiger partial charge in [0.1, 0.15) is 5.82 Å². The van der Waals surface area contributed by atoms with Crippen LogP contribution in [-0.4, -0.2) is 46.3 Å². The first kappa shape index (κ1) is 25.0. The highest BCUT2D eigenvalue weighted by atomic mass is 35.5. The van der Waals surface area contributed by atoms with Crippen molar-refractivity contribution in [3.63, 3.8) is 0 Å². The molecule has 5 rings (SSSR count). The van der Waals surface area contributed by atoms with Crippen molar-refractivity contribution in [2.75, 3.05) is 19.6 Å². The van der Waals surface area contributed by atoms with Crippen LogP contribution in [0.25, 0.3) is 10.9 Å². The summed E-state index contributed by atoms with van der Waals surface area (Å²) in [7, 11) is 0. The number of hydrogen-bond acceptors (Lipinski definition) is 3. The van der Waals surface area contributed by atoms with E-state index in [-0.39, 0.29) is 22.4 Å². The molecule has 2 aromatic heterocycles. The third kappa shape index (κ3) is 5.23. The van der Waals surface area contributed by atoms with E-state index in [2.05, 4.69) is 16.4 Å². The van der Waals surface area contributed by atoms with Crippen LogP contribution in [0.1, 0.15) is 56.4 Å². The molecule has 0 spiro atoms. The Labute approximate surface area is 219 Å². The number of carbonyl (C=O) groups excluding carboxylic acids is 2. The molecular formula is C29H28ClFN4O2. The van der Waals surface area contributed by atoms with Crippen LogP contribution in [0.15, 0.2) is 60.8 Å². The van der Waals surface area contributed by atoms with E-state index in [1.165, 1.54) is 18.2 Å². The zero-order chi connectivity index (χ0) is 25.9. The fourth-order valence-corrected chi connectivity index (χ4v) is 5.28. The molecule has 1 fully saturated rings. The number of nitrogens with one attached hydrogen (secondary N) is 2. The van der Waals surface area contributed by atoms with Gasteiger partial charge in [-0.15, -0.1) is 0 Å². The molecule has 8 heteroatoms. The van der Waals surface area contributed by atoms with Crippen molar-refractivity contribution in [2.24, 2.45) is 0 Å². The number of aromatic nitrogens is 2. The van der Waals surface area contributed by atoms with Crippen LogP contribution in [0.2, 0.25) is 5.02 Å². The minimum atomic E-state index is -0.619. The molecule has 1 aliphatic rings. The smallest absolute Gasteiger partial charge is 0.258 e. The number of nitrogens with zero attached hydrogens (tertiary/aromatic N) is 2. The van der Waals surface area contributed by atoms with E-state index in [9.17, 15) is 14.0 Å². The van der Waals surface area contributed by atoms with Gasteiger partial charge in [-0.2, -0.15) is 0 Å². The Kier molecular flexibility index (Phi) is 7.24. The van der Waals surface area contributed by atoms with E-state index in [1.807, 2.05) is 43.5 Å². The number of aromatic amines is 1. The van der Waals surface area contributed by atoms with Crippen LogP contribution in [0.3, 0.4) is 0 Å². The number of aryl methyl sites for hydroxylation is 1. The molecule has 0 radical (unpaired) electrons. The molecule has 0 bridgehead atoms. The minimum absolute atomic E-state index is 0.0226. The summed E-state index contributed by atoms with van der Waals surface area (Å²) in [5.41, 5.74) is 4.29. The molecule has 0 saturated carbocycles. The first-order valence-electron chi connectivity index (χ1n) is 12.5. The number of H-pyrrole nitrogens is 1. The van der Waals surface area contributed by atoms with E-state index >= 15 is 0 Å². The van der Waals surface area contributed by atoms with Crippen molar-refractivity contribution in [3.05, 3.63) is 99.7 Å². The number of rotatable bonds is 6. The van der Waals surface area contributed by atoms with Crippen molar-refractivity contribution in [1.82, 2.24) is 20.2 Å². The van der Waals surface area contributed by atoms with E-state index < -0.39 is 11.7 Å². The molecular weight excluding hydrogens is 491 g/mol. The highest BCUT2D eigenvalue weighted by Gasteiger charge is 2.30. The lowest BCUT2D eigenvalue weighted by Crippen LogP contribution is -2.39. The van der Waals surface area contributed by atoms with E-state index in [4.69, 9.17) is 16.6 Å². The van der Waals surface area contributed by atoms with Crippen LogP contribution in [-0.2, 0) is 6.42 Å². The molecule has 3 heterocycles. The quantitative estimate of drug-likeness (QED) is 0.346. The molecule has 2 aromatic carbocycles. The monoisotopic (exact) mass is 518 g/mol. The molecule has 2 N–H and O–H groups in total. The van der Waals surface area contributed by atoms with Crippen LogP contribution in [0.4, 0.5) is 4.39 Å². The average Bonchev–Trinajstić information content (AvgIpc) is 3.31. The lowest BCUT2D eigenvalue weighted by molar-refractivity contribution is 0.0706. The third-order valence-electron chi connectivity index (χ3n) is 7.01. The fraction of sp³-hybridized carbons (Fsp3) is 0.276. The number of piperidine rings is 1. The summed E-state index contributed by atoms with van der Waals surface area (Å²) in [4.78, 5) is 35.7. The van der Waals surface area contributed by atoms with Crippen LogP contribution < -0.4 is 5.32 Å². The lowest BCUT2D eigenvalue weighted by atomic mass is 9.89. The highest BCUT2D eigenvalue weighted by Crippen LogP contribution is 2.31. The van der Waals surface area contributed by atoms with Gasteiger partial charge >= 0.3 is 0 Å². The predicted molar refractivity (Wildman–Crippen MR) is 143 cm³/mol. The van der Waals surface area contributed by atoms with Gasteiger partial charge in [0, 0.05) is 48.3 Å².